The van der Waals surface area contributed by atoms with E-state index >= 15 is 0 Å². The summed E-state index contributed by atoms with van der Waals surface area (Å²) >= 11 is 6.07. The van der Waals surface area contributed by atoms with Crippen molar-refractivity contribution in [2.24, 2.45) is 4.99 Å². The van der Waals surface area contributed by atoms with Crippen LogP contribution in [0, 0.1) is 0 Å². The Morgan fingerprint density at radius 3 is 2.45 bits per heavy atom. The molecule has 3 nitrogen and oxygen atoms in total. The Bertz CT molecular complexity index is 720. The molecule has 1 aliphatic rings. The molecule has 1 aliphatic heterocycles. The lowest BCUT2D eigenvalue weighted by Gasteiger charge is -2.00. The fourth-order valence-electron chi connectivity index (χ4n) is 1.87. The summed E-state index contributed by atoms with van der Waals surface area (Å²) in [5, 5.41) is 0.500. The van der Waals surface area contributed by atoms with Gasteiger partial charge in [-0.25, -0.2) is 9.79 Å². The molecule has 1 heterocycles. The maximum Gasteiger partial charge on any atom is 0.363 e. The lowest BCUT2D eigenvalue weighted by atomic mass is 10.2. The summed E-state index contributed by atoms with van der Waals surface area (Å²) in [5.41, 5.74) is 1.77. The number of aliphatic imine (C=N–C) groups is 1. The summed E-state index contributed by atoms with van der Waals surface area (Å²) < 4.78 is 5.17. The third-order valence-corrected chi connectivity index (χ3v) is 3.16. The van der Waals surface area contributed by atoms with Crippen molar-refractivity contribution in [3.63, 3.8) is 0 Å². The van der Waals surface area contributed by atoms with E-state index in [1.165, 1.54) is 0 Å². The Labute approximate surface area is 121 Å². The fraction of sp³-hybridized carbons (Fsp3) is 0. The highest BCUT2D eigenvalue weighted by Crippen LogP contribution is 2.23. The van der Waals surface area contributed by atoms with Crippen molar-refractivity contribution < 1.29 is 9.53 Å². The van der Waals surface area contributed by atoms with E-state index in [9.17, 15) is 4.79 Å². The van der Waals surface area contributed by atoms with E-state index in [1.807, 2.05) is 42.5 Å². The first-order valence-corrected chi connectivity index (χ1v) is 6.44. The van der Waals surface area contributed by atoms with Crippen LogP contribution in [0.15, 0.2) is 65.3 Å². The van der Waals surface area contributed by atoms with Gasteiger partial charge in [0.15, 0.2) is 5.70 Å². The van der Waals surface area contributed by atoms with Crippen molar-refractivity contribution >= 4 is 29.5 Å². The van der Waals surface area contributed by atoms with Crippen LogP contribution in [0.4, 0.5) is 0 Å². The van der Waals surface area contributed by atoms with Crippen LogP contribution >= 0.6 is 11.6 Å². The molecule has 0 aromatic heterocycles. The van der Waals surface area contributed by atoms with Crippen molar-refractivity contribution in [1.82, 2.24) is 0 Å². The molecule has 0 saturated heterocycles. The molecule has 0 fully saturated rings. The number of cyclic esters (lactones) is 1. The smallest absolute Gasteiger partial charge is 0.363 e. The van der Waals surface area contributed by atoms with E-state index in [-0.39, 0.29) is 11.6 Å². The molecule has 0 N–H and O–H groups in total. The highest BCUT2D eigenvalue weighted by atomic mass is 35.5. The normalized spacial score (nSPS) is 16.1. The van der Waals surface area contributed by atoms with Crippen molar-refractivity contribution in [2.75, 3.05) is 0 Å². The molecule has 3 rings (SSSR count). The van der Waals surface area contributed by atoms with Crippen LogP contribution in [-0.4, -0.2) is 11.9 Å². The quantitative estimate of drug-likeness (QED) is 0.623. The number of hydrogen-bond donors (Lipinski definition) is 0. The number of ether oxygens (including phenoxy) is 1. The number of esters is 1. The number of rotatable bonds is 2. The largest absolute Gasteiger partial charge is 0.402 e. The monoisotopic (exact) mass is 283 g/mol. The van der Waals surface area contributed by atoms with Gasteiger partial charge in [0.2, 0.25) is 5.90 Å². The molecule has 20 heavy (non-hydrogen) atoms. The minimum Gasteiger partial charge on any atom is -0.402 e. The van der Waals surface area contributed by atoms with E-state index in [4.69, 9.17) is 16.3 Å². The number of hydrogen-bond acceptors (Lipinski definition) is 3. The molecular formula is C16H10ClNO2. The molecule has 0 radical (unpaired) electrons. The summed E-state index contributed by atoms with van der Waals surface area (Å²) in [5.74, 6) is -0.230. The first-order chi connectivity index (χ1) is 9.74. The van der Waals surface area contributed by atoms with Gasteiger partial charge in [-0.1, -0.05) is 54.1 Å². The predicted molar refractivity (Wildman–Crippen MR) is 78.5 cm³/mol. The van der Waals surface area contributed by atoms with Gasteiger partial charge in [-0.05, 0) is 23.8 Å². The maximum atomic E-state index is 11.8. The number of carbonyl (C=O) groups is 1. The SMILES string of the molecule is O=C1OC(c2ccccc2Cl)=N/C1=C/c1ccccc1. The highest BCUT2D eigenvalue weighted by Gasteiger charge is 2.25. The first kappa shape index (κ1) is 12.6. The minimum absolute atomic E-state index is 0.239. The van der Waals surface area contributed by atoms with E-state index in [1.54, 1.807) is 18.2 Å². The van der Waals surface area contributed by atoms with Gasteiger partial charge in [-0.15, -0.1) is 0 Å². The lowest BCUT2D eigenvalue weighted by Crippen LogP contribution is -2.05. The Balaban J connectivity index is 1.98. The van der Waals surface area contributed by atoms with Crippen LogP contribution < -0.4 is 0 Å². The van der Waals surface area contributed by atoms with E-state index in [0.717, 1.165) is 5.56 Å². The summed E-state index contributed by atoms with van der Waals surface area (Å²) in [7, 11) is 0. The second-order valence-electron chi connectivity index (χ2n) is 4.23. The Hall–Kier alpha value is -2.39. The molecule has 98 valence electrons. The van der Waals surface area contributed by atoms with Crippen LogP contribution in [-0.2, 0) is 9.53 Å². The van der Waals surface area contributed by atoms with Gasteiger partial charge in [0.05, 0.1) is 10.6 Å². The van der Waals surface area contributed by atoms with Crippen LogP contribution in [0.3, 0.4) is 0 Å². The maximum absolute atomic E-state index is 11.8. The van der Waals surface area contributed by atoms with Crippen molar-refractivity contribution in [3.05, 3.63) is 76.4 Å². The molecule has 0 amide bonds. The average Bonchev–Trinajstić information content (AvgIpc) is 2.81. The van der Waals surface area contributed by atoms with E-state index in [0.29, 0.717) is 10.6 Å². The topological polar surface area (TPSA) is 38.7 Å². The van der Waals surface area contributed by atoms with Gasteiger partial charge < -0.3 is 4.74 Å². The minimum atomic E-state index is -0.469. The predicted octanol–water partition coefficient (Wildman–Crippen LogP) is 3.68. The van der Waals surface area contributed by atoms with Gasteiger partial charge in [0.25, 0.3) is 0 Å². The third-order valence-electron chi connectivity index (χ3n) is 2.83. The zero-order valence-electron chi connectivity index (χ0n) is 10.4. The Kier molecular flexibility index (Phi) is 3.35. The number of halogens is 1. The zero-order valence-corrected chi connectivity index (χ0v) is 11.2. The number of benzene rings is 2. The molecule has 0 spiro atoms. The molecule has 4 heteroatoms. The van der Waals surface area contributed by atoms with E-state index in [2.05, 4.69) is 4.99 Å². The van der Waals surface area contributed by atoms with Gasteiger partial charge >= 0.3 is 5.97 Å². The number of nitrogens with zero attached hydrogens (tertiary/aromatic N) is 1. The molecule has 0 saturated carbocycles. The third kappa shape index (κ3) is 2.49. The van der Waals surface area contributed by atoms with Gasteiger partial charge in [-0.2, -0.15) is 0 Å². The van der Waals surface area contributed by atoms with Gasteiger partial charge in [-0.3, -0.25) is 0 Å². The fourth-order valence-corrected chi connectivity index (χ4v) is 2.08. The van der Waals surface area contributed by atoms with Crippen LogP contribution in [0.1, 0.15) is 11.1 Å². The highest BCUT2D eigenvalue weighted by molar-refractivity contribution is 6.34. The second-order valence-corrected chi connectivity index (χ2v) is 4.63. The second kappa shape index (κ2) is 5.31. The Morgan fingerprint density at radius 2 is 1.70 bits per heavy atom. The molecule has 0 unspecified atom stereocenters. The Morgan fingerprint density at radius 1 is 1.00 bits per heavy atom. The van der Waals surface area contributed by atoms with Crippen molar-refractivity contribution in [3.8, 4) is 0 Å². The zero-order chi connectivity index (χ0) is 13.9. The molecule has 2 aromatic carbocycles. The molecule has 0 aliphatic carbocycles. The molecule has 0 atom stereocenters. The standard InChI is InChI=1S/C16H10ClNO2/c17-13-9-5-4-8-12(13)15-18-14(16(19)20-15)10-11-6-2-1-3-7-11/h1-10H/b14-10+. The molecule has 2 aromatic rings. The first-order valence-electron chi connectivity index (χ1n) is 6.06. The van der Waals surface area contributed by atoms with Gasteiger partial charge in [0.1, 0.15) is 0 Å². The van der Waals surface area contributed by atoms with Crippen molar-refractivity contribution in [2.45, 2.75) is 0 Å². The lowest BCUT2D eigenvalue weighted by molar-refractivity contribution is -0.129. The van der Waals surface area contributed by atoms with Crippen LogP contribution in [0.25, 0.3) is 6.08 Å². The summed E-state index contributed by atoms with van der Waals surface area (Å²) in [6, 6.07) is 16.6. The summed E-state index contributed by atoms with van der Waals surface area (Å²) in [4.78, 5) is 16.0. The van der Waals surface area contributed by atoms with Gasteiger partial charge in [0, 0.05) is 0 Å². The molecule has 0 bridgehead atoms. The summed E-state index contributed by atoms with van der Waals surface area (Å²) in [6.45, 7) is 0. The van der Waals surface area contributed by atoms with E-state index < -0.39 is 5.97 Å². The van der Waals surface area contributed by atoms with Crippen molar-refractivity contribution in [1.29, 1.82) is 0 Å². The number of carbonyl (C=O) groups excluding carboxylic acids is 1. The average molecular weight is 284 g/mol. The molecular weight excluding hydrogens is 274 g/mol. The summed E-state index contributed by atoms with van der Waals surface area (Å²) in [6.07, 6.45) is 1.69. The van der Waals surface area contributed by atoms with Crippen LogP contribution in [0.5, 0.6) is 0 Å². The van der Waals surface area contributed by atoms with Crippen LogP contribution in [0.2, 0.25) is 5.02 Å².